The number of hydrogen-bond donors (Lipinski definition) is 0. The zero-order valence-corrected chi connectivity index (χ0v) is 15.5. The summed E-state index contributed by atoms with van der Waals surface area (Å²) in [5.41, 5.74) is 6.61. The second-order valence-corrected chi connectivity index (χ2v) is 6.83. The molecule has 0 aliphatic heterocycles. The summed E-state index contributed by atoms with van der Waals surface area (Å²) in [6, 6.07) is 21.1. The van der Waals surface area contributed by atoms with Crippen molar-refractivity contribution in [3.05, 3.63) is 78.0 Å². The molecule has 0 saturated carbocycles. The first-order valence-electron chi connectivity index (χ1n) is 9.19. The van der Waals surface area contributed by atoms with Gasteiger partial charge in [-0.1, -0.05) is 56.3 Å². The normalized spacial score (nSPS) is 12.4. The molecule has 0 spiro atoms. The summed E-state index contributed by atoms with van der Waals surface area (Å²) < 4.78 is 2.17. The predicted molar refractivity (Wildman–Crippen MR) is 108 cm³/mol. The van der Waals surface area contributed by atoms with Gasteiger partial charge in [-0.2, -0.15) is 0 Å². The van der Waals surface area contributed by atoms with Crippen molar-refractivity contribution in [1.29, 1.82) is 0 Å². The number of aromatic nitrogens is 3. The minimum absolute atomic E-state index is 0.570. The van der Waals surface area contributed by atoms with Gasteiger partial charge in [-0.3, -0.25) is 4.57 Å². The molecule has 3 nitrogen and oxygen atoms in total. The fraction of sp³-hybridized carbons (Fsp3) is 0.217. The molecule has 1 atom stereocenters. The van der Waals surface area contributed by atoms with Gasteiger partial charge >= 0.3 is 0 Å². The molecule has 0 radical (unpaired) electrons. The number of benzene rings is 2. The van der Waals surface area contributed by atoms with Gasteiger partial charge in [-0.25, -0.2) is 9.97 Å². The molecule has 2 aromatic heterocycles. The van der Waals surface area contributed by atoms with Gasteiger partial charge in [-0.05, 0) is 48.6 Å². The molecule has 4 rings (SSSR count). The lowest BCUT2D eigenvalue weighted by atomic mass is 9.97. The van der Waals surface area contributed by atoms with Crippen molar-refractivity contribution in [2.75, 3.05) is 0 Å². The fourth-order valence-corrected chi connectivity index (χ4v) is 3.35. The predicted octanol–water partition coefficient (Wildman–Crippen LogP) is 5.91. The van der Waals surface area contributed by atoms with E-state index in [0.717, 1.165) is 34.7 Å². The summed E-state index contributed by atoms with van der Waals surface area (Å²) in [7, 11) is 0. The van der Waals surface area contributed by atoms with Crippen molar-refractivity contribution in [1.82, 2.24) is 14.5 Å². The first kappa shape index (κ1) is 16.5. The lowest BCUT2D eigenvalue weighted by Gasteiger charge is -2.13. The summed E-state index contributed by atoms with van der Waals surface area (Å²) in [6.07, 6.45) is 2.97. The molecule has 0 saturated heterocycles. The quantitative estimate of drug-likeness (QED) is 0.462. The third-order valence-electron chi connectivity index (χ3n) is 5.12. The van der Waals surface area contributed by atoms with Gasteiger partial charge in [0.05, 0.1) is 5.69 Å². The summed E-state index contributed by atoms with van der Waals surface area (Å²) in [5.74, 6) is 1.50. The van der Waals surface area contributed by atoms with Gasteiger partial charge in [0.1, 0.15) is 11.3 Å². The maximum absolute atomic E-state index is 4.90. The van der Waals surface area contributed by atoms with Crippen LogP contribution < -0.4 is 0 Å². The van der Waals surface area contributed by atoms with Crippen LogP contribution in [0.3, 0.4) is 0 Å². The van der Waals surface area contributed by atoms with E-state index in [2.05, 4.69) is 78.9 Å². The van der Waals surface area contributed by atoms with Gasteiger partial charge in [0.25, 0.3) is 0 Å². The van der Waals surface area contributed by atoms with E-state index in [-0.39, 0.29) is 0 Å². The average Bonchev–Trinajstić information content (AvgIpc) is 3.07. The van der Waals surface area contributed by atoms with Gasteiger partial charge in [0.2, 0.25) is 0 Å². The highest BCUT2D eigenvalue weighted by atomic mass is 15.1. The number of fused-ring (bicyclic) bond motifs is 1. The van der Waals surface area contributed by atoms with Crippen LogP contribution in [-0.2, 0) is 0 Å². The minimum Gasteiger partial charge on any atom is -0.276 e. The SMILES string of the molecule is CCC(C)c1ccc(-c2nc3cccnc3n2-c2ccccc2C)cc1. The van der Waals surface area contributed by atoms with Crippen molar-refractivity contribution >= 4 is 11.2 Å². The van der Waals surface area contributed by atoms with Crippen LogP contribution >= 0.6 is 0 Å². The molecule has 2 heterocycles. The molecule has 130 valence electrons. The largest absolute Gasteiger partial charge is 0.276 e. The van der Waals surface area contributed by atoms with E-state index < -0.39 is 0 Å². The fourth-order valence-electron chi connectivity index (χ4n) is 3.35. The van der Waals surface area contributed by atoms with Gasteiger partial charge in [-0.15, -0.1) is 0 Å². The highest BCUT2D eigenvalue weighted by Crippen LogP contribution is 2.30. The third kappa shape index (κ3) is 2.80. The van der Waals surface area contributed by atoms with Crippen LogP contribution in [0.5, 0.6) is 0 Å². The van der Waals surface area contributed by atoms with E-state index in [4.69, 9.17) is 4.98 Å². The van der Waals surface area contributed by atoms with Crippen molar-refractivity contribution in [2.45, 2.75) is 33.1 Å². The first-order valence-corrected chi connectivity index (χ1v) is 9.19. The van der Waals surface area contributed by atoms with Gasteiger partial charge < -0.3 is 0 Å². The van der Waals surface area contributed by atoms with Crippen LogP contribution in [0.1, 0.15) is 37.3 Å². The summed E-state index contributed by atoms with van der Waals surface area (Å²) in [6.45, 7) is 6.61. The molecule has 26 heavy (non-hydrogen) atoms. The van der Waals surface area contributed by atoms with Crippen LogP contribution in [0, 0.1) is 6.92 Å². The van der Waals surface area contributed by atoms with Crippen LogP contribution in [0.15, 0.2) is 66.9 Å². The molecule has 0 fully saturated rings. The standard InChI is InChI=1S/C23H23N3/c1-4-16(2)18-11-13-19(14-12-18)22-25-20-9-7-15-24-23(20)26(22)21-10-6-5-8-17(21)3/h5-16H,4H2,1-3H3. The van der Waals surface area contributed by atoms with Crippen molar-refractivity contribution in [2.24, 2.45) is 0 Å². The molecule has 0 aliphatic rings. The summed E-state index contributed by atoms with van der Waals surface area (Å²) in [4.78, 5) is 9.50. The van der Waals surface area contributed by atoms with E-state index >= 15 is 0 Å². The average molecular weight is 341 g/mol. The highest BCUT2D eigenvalue weighted by Gasteiger charge is 2.16. The Labute approximate surface area is 154 Å². The lowest BCUT2D eigenvalue weighted by molar-refractivity contribution is 0.734. The van der Waals surface area contributed by atoms with E-state index in [9.17, 15) is 0 Å². The van der Waals surface area contributed by atoms with Gasteiger partial charge in [0, 0.05) is 11.8 Å². The lowest BCUT2D eigenvalue weighted by Crippen LogP contribution is -2.01. The molecule has 4 aromatic rings. The number of rotatable bonds is 4. The van der Waals surface area contributed by atoms with E-state index in [1.165, 1.54) is 11.1 Å². The molecule has 1 unspecified atom stereocenters. The Morgan fingerprint density at radius 2 is 1.73 bits per heavy atom. The second-order valence-electron chi connectivity index (χ2n) is 6.83. The van der Waals surface area contributed by atoms with Crippen LogP contribution in [0.2, 0.25) is 0 Å². The number of aryl methyl sites for hydroxylation is 1. The maximum atomic E-state index is 4.90. The van der Waals surface area contributed by atoms with Crippen LogP contribution in [0.25, 0.3) is 28.2 Å². The Hall–Kier alpha value is -2.94. The van der Waals surface area contributed by atoms with E-state index in [1.54, 1.807) is 0 Å². The van der Waals surface area contributed by atoms with E-state index in [1.807, 2.05) is 18.3 Å². The molecule has 0 N–H and O–H groups in total. The Balaban J connectivity index is 1.93. The van der Waals surface area contributed by atoms with Crippen molar-refractivity contribution < 1.29 is 0 Å². The van der Waals surface area contributed by atoms with E-state index in [0.29, 0.717) is 5.92 Å². The Kier molecular flexibility index (Phi) is 4.29. The molecule has 2 aromatic carbocycles. The Morgan fingerprint density at radius 1 is 0.962 bits per heavy atom. The highest BCUT2D eigenvalue weighted by molar-refractivity contribution is 5.80. The molecule has 0 amide bonds. The van der Waals surface area contributed by atoms with Crippen LogP contribution in [-0.4, -0.2) is 14.5 Å². The summed E-state index contributed by atoms with van der Waals surface area (Å²) in [5, 5.41) is 0. The van der Waals surface area contributed by atoms with Crippen molar-refractivity contribution in [3.8, 4) is 17.1 Å². The zero-order chi connectivity index (χ0) is 18.1. The molecule has 3 heteroatoms. The monoisotopic (exact) mass is 341 g/mol. The smallest absolute Gasteiger partial charge is 0.164 e. The summed E-state index contributed by atoms with van der Waals surface area (Å²) >= 11 is 0. The molecule has 0 bridgehead atoms. The second kappa shape index (κ2) is 6.75. The number of hydrogen-bond acceptors (Lipinski definition) is 2. The molecular formula is C23H23N3. The number of pyridine rings is 1. The minimum atomic E-state index is 0.570. The van der Waals surface area contributed by atoms with Crippen LogP contribution in [0.4, 0.5) is 0 Å². The molecule has 0 aliphatic carbocycles. The Morgan fingerprint density at radius 3 is 2.46 bits per heavy atom. The third-order valence-corrected chi connectivity index (χ3v) is 5.12. The Bertz CT molecular complexity index is 1040. The zero-order valence-electron chi connectivity index (χ0n) is 15.5. The number of para-hydroxylation sites is 1. The molecular weight excluding hydrogens is 318 g/mol. The first-order chi connectivity index (χ1) is 12.7. The topological polar surface area (TPSA) is 30.7 Å². The maximum Gasteiger partial charge on any atom is 0.164 e. The number of imidazole rings is 1. The van der Waals surface area contributed by atoms with Crippen molar-refractivity contribution in [3.63, 3.8) is 0 Å². The number of nitrogens with zero attached hydrogens (tertiary/aromatic N) is 3. The van der Waals surface area contributed by atoms with Gasteiger partial charge in [0.15, 0.2) is 5.65 Å².